The molecular formula is C27H33N5O2S. The number of para-hydroxylation sites is 1. The van der Waals surface area contributed by atoms with Crippen LogP contribution in [0.3, 0.4) is 0 Å². The molecule has 0 saturated carbocycles. The third-order valence-corrected chi connectivity index (χ3v) is 6.46. The summed E-state index contributed by atoms with van der Waals surface area (Å²) in [5.74, 6) is 0.331. The first kappa shape index (κ1) is 26.2. The van der Waals surface area contributed by atoms with E-state index >= 15 is 0 Å². The van der Waals surface area contributed by atoms with E-state index in [2.05, 4.69) is 60.3 Å². The van der Waals surface area contributed by atoms with Crippen molar-refractivity contribution in [1.29, 1.82) is 0 Å². The van der Waals surface area contributed by atoms with E-state index in [4.69, 9.17) is 0 Å². The second-order valence-electron chi connectivity index (χ2n) is 9.16. The lowest BCUT2D eigenvalue weighted by Crippen LogP contribution is -2.34. The number of rotatable bonds is 10. The molecule has 0 radical (unpaired) electrons. The van der Waals surface area contributed by atoms with Crippen LogP contribution in [-0.4, -0.2) is 38.9 Å². The van der Waals surface area contributed by atoms with E-state index in [-0.39, 0.29) is 29.5 Å². The summed E-state index contributed by atoms with van der Waals surface area (Å²) < 4.78 is 1.94. The first-order valence-corrected chi connectivity index (χ1v) is 12.6. The lowest BCUT2D eigenvalue weighted by molar-refractivity contribution is -0.122. The molecule has 3 rings (SSSR count). The highest BCUT2D eigenvalue weighted by atomic mass is 32.2. The highest BCUT2D eigenvalue weighted by molar-refractivity contribution is 7.99. The van der Waals surface area contributed by atoms with Crippen LogP contribution in [0.25, 0.3) is 11.4 Å². The molecule has 2 aromatic carbocycles. The van der Waals surface area contributed by atoms with Gasteiger partial charge in [0.15, 0.2) is 11.0 Å². The van der Waals surface area contributed by atoms with E-state index < -0.39 is 0 Å². The van der Waals surface area contributed by atoms with Gasteiger partial charge in [0.2, 0.25) is 11.8 Å². The molecule has 1 heterocycles. The Labute approximate surface area is 211 Å². The maximum atomic E-state index is 12.4. The zero-order valence-electron chi connectivity index (χ0n) is 20.8. The molecule has 0 saturated heterocycles. The van der Waals surface area contributed by atoms with Crippen molar-refractivity contribution in [2.24, 2.45) is 0 Å². The van der Waals surface area contributed by atoms with Gasteiger partial charge in [-0.1, -0.05) is 88.0 Å². The molecular weight excluding hydrogens is 458 g/mol. The van der Waals surface area contributed by atoms with Gasteiger partial charge in [-0.2, -0.15) is 0 Å². The summed E-state index contributed by atoms with van der Waals surface area (Å²) in [5.41, 5.74) is 4.08. The van der Waals surface area contributed by atoms with Crippen LogP contribution in [0.4, 0.5) is 5.69 Å². The van der Waals surface area contributed by atoms with Crippen LogP contribution >= 0.6 is 11.8 Å². The molecule has 184 valence electrons. The molecule has 2 N–H and O–H groups in total. The Morgan fingerprint density at radius 1 is 1.06 bits per heavy atom. The fraction of sp³-hybridized carbons (Fsp3) is 0.333. The summed E-state index contributed by atoms with van der Waals surface area (Å²) in [4.78, 5) is 24.7. The predicted molar refractivity (Wildman–Crippen MR) is 143 cm³/mol. The fourth-order valence-electron chi connectivity index (χ4n) is 3.53. The van der Waals surface area contributed by atoms with Crippen molar-refractivity contribution in [3.63, 3.8) is 0 Å². The van der Waals surface area contributed by atoms with Gasteiger partial charge in [-0.25, -0.2) is 0 Å². The minimum Gasteiger partial charge on any atom is -0.346 e. The number of amides is 2. The number of anilines is 1. The van der Waals surface area contributed by atoms with Crippen molar-refractivity contribution < 1.29 is 9.59 Å². The number of aromatic nitrogens is 3. The Morgan fingerprint density at radius 2 is 1.77 bits per heavy atom. The van der Waals surface area contributed by atoms with Gasteiger partial charge in [0, 0.05) is 17.8 Å². The van der Waals surface area contributed by atoms with Crippen LogP contribution in [0, 0.1) is 0 Å². The third-order valence-electron chi connectivity index (χ3n) is 5.49. The standard InChI is InChI=1S/C27H33N5O2S/c1-6-16-32-25(20-12-14-21(15-13-20)27(3,4)5)30-31-26(32)35-18-24(34)28-17-23(33)29-22-11-9-8-10-19(22)7-2/h6,8-15H,1,7,16-18H2,2-5H3,(H,28,34)(H,29,33). The van der Waals surface area contributed by atoms with E-state index in [1.807, 2.05) is 47.9 Å². The maximum Gasteiger partial charge on any atom is 0.243 e. The fourth-order valence-corrected chi connectivity index (χ4v) is 4.30. The second-order valence-corrected chi connectivity index (χ2v) is 10.1. The lowest BCUT2D eigenvalue weighted by Gasteiger charge is -2.19. The SMILES string of the molecule is C=CCn1c(SCC(=O)NCC(=O)Nc2ccccc2CC)nnc1-c1ccc(C(C)(C)C)cc1. The monoisotopic (exact) mass is 491 g/mol. The highest BCUT2D eigenvalue weighted by Gasteiger charge is 2.17. The normalized spacial score (nSPS) is 11.2. The van der Waals surface area contributed by atoms with Gasteiger partial charge in [-0.3, -0.25) is 14.2 Å². The zero-order chi connectivity index (χ0) is 25.4. The molecule has 0 aliphatic heterocycles. The van der Waals surface area contributed by atoms with Crippen LogP contribution in [0.5, 0.6) is 0 Å². The molecule has 35 heavy (non-hydrogen) atoms. The summed E-state index contributed by atoms with van der Waals surface area (Å²) in [6, 6.07) is 15.9. The molecule has 3 aromatic rings. The molecule has 8 heteroatoms. The number of nitrogens with zero attached hydrogens (tertiary/aromatic N) is 3. The summed E-state index contributed by atoms with van der Waals surface area (Å²) >= 11 is 1.28. The topological polar surface area (TPSA) is 88.9 Å². The van der Waals surface area contributed by atoms with Crippen LogP contribution in [0.2, 0.25) is 0 Å². The average Bonchev–Trinajstić information content (AvgIpc) is 3.24. The Morgan fingerprint density at radius 3 is 2.43 bits per heavy atom. The Kier molecular flexibility index (Phi) is 8.87. The Hall–Kier alpha value is -3.39. The number of thioether (sulfide) groups is 1. The molecule has 0 aliphatic rings. The first-order valence-electron chi connectivity index (χ1n) is 11.6. The van der Waals surface area contributed by atoms with Gasteiger partial charge >= 0.3 is 0 Å². The van der Waals surface area contributed by atoms with E-state index in [0.29, 0.717) is 11.7 Å². The minimum absolute atomic E-state index is 0.0674. The van der Waals surface area contributed by atoms with Gasteiger partial charge in [0.1, 0.15) is 0 Å². The van der Waals surface area contributed by atoms with Crippen molar-refractivity contribution in [1.82, 2.24) is 20.1 Å². The number of allylic oxidation sites excluding steroid dienone is 1. The molecule has 2 amide bonds. The van der Waals surface area contributed by atoms with Gasteiger partial charge in [-0.15, -0.1) is 16.8 Å². The van der Waals surface area contributed by atoms with E-state index in [1.165, 1.54) is 17.3 Å². The molecule has 0 atom stereocenters. The number of nitrogens with one attached hydrogen (secondary N) is 2. The zero-order valence-corrected chi connectivity index (χ0v) is 21.6. The van der Waals surface area contributed by atoms with Gasteiger partial charge in [-0.05, 0) is 29.0 Å². The Balaban J connectivity index is 1.59. The molecule has 0 unspecified atom stereocenters. The van der Waals surface area contributed by atoms with Gasteiger partial charge < -0.3 is 10.6 Å². The number of carbonyl (C=O) groups is 2. The molecule has 0 spiro atoms. The van der Waals surface area contributed by atoms with Crippen molar-refractivity contribution in [2.75, 3.05) is 17.6 Å². The minimum atomic E-state index is -0.264. The predicted octanol–water partition coefficient (Wildman–Crippen LogP) is 4.84. The lowest BCUT2D eigenvalue weighted by atomic mass is 9.87. The first-order chi connectivity index (χ1) is 16.7. The molecule has 0 aliphatic carbocycles. The molecule has 7 nitrogen and oxygen atoms in total. The number of aryl methyl sites for hydroxylation is 1. The van der Waals surface area contributed by atoms with Crippen molar-refractivity contribution in [3.8, 4) is 11.4 Å². The maximum absolute atomic E-state index is 12.4. The van der Waals surface area contributed by atoms with Gasteiger partial charge in [0.25, 0.3) is 0 Å². The largest absolute Gasteiger partial charge is 0.346 e. The highest BCUT2D eigenvalue weighted by Crippen LogP contribution is 2.27. The summed E-state index contributed by atoms with van der Waals surface area (Å²) in [6.07, 6.45) is 2.59. The molecule has 0 bridgehead atoms. The quantitative estimate of drug-likeness (QED) is 0.313. The Bertz CT molecular complexity index is 1180. The van der Waals surface area contributed by atoms with E-state index in [0.717, 1.165) is 29.1 Å². The van der Waals surface area contributed by atoms with E-state index in [1.54, 1.807) is 6.08 Å². The van der Waals surface area contributed by atoms with Crippen molar-refractivity contribution in [2.45, 2.75) is 51.2 Å². The van der Waals surface area contributed by atoms with Gasteiger partial charge in [0.05, 0.1) is 12.3 Å². The number of hydrogen-bond donors (Lipinski definition) is 2. The average molecular weight is 492 g/mol. The third kappa shape index (κ3) is 7.05. The second kappa shape index (κ2) is 11.8. The number of carbonyl (C=O) groups excluding carboxylic acids is 2. The summed E-state index contributed by atoms with van der Waals surface area (Å²) in [7, 11) is 0. The van der Waals surface area contributed by atoms with Crippen LogP contribution in [0.1, 0.15) is 38.8 Å². The van der Waals surface area contributed by atoms with E-state index in [9.17, 15) is 9.59 Å². The number of benzene rings is 2. The summed E-state index contributed by atoms with van der Waals surface area (Å²) in [6.45, 7) is 12.8. The molecule has 1 aromatic heterocycles. The summed E-state index contributed by atoms with van der Waals surface area (Å²) in [5, 5.41) is 14.8. The van der Waals surface area contributed by atoms with Crippen molar-refractivity contribution in [3.05, 3.63) is 72.3 Å². The number of hydrogen-bond acceptors (Lipinski definition) is 5. The smallest absolute Gasteiger partial charge is 0.243 e. The van der Waals surface area contributed by atoms with Crippen LogP contribution in [-0.2, 0) is 28.0 Å². The molecule has 0 fully saturated rings. The van der Waals surface area contributed by atoms with Crippen LogP contribution in [0.15, 0.2) is 66.3 Å². The van der Waals surface area contributed by atoms with Crippen LogP contribution < -0.4 is 10.6 Å². The van der Waals surface area contributed by atoms with Crippen molar-refractivity contribution >= 4 is 29.3 Å².